The fourth-order valence-electron chi connectivity index (χ4n) is 2.90. The van der Waals surface area contributed by atoms with E-state index in [0.29, 0.717) is 11.1 Å². The van der Waals surface area contributed by atoms with Gasteiger partial charge in [-0.25, -0.2) is 9.59 Å². The summed E-state index contributed by atoms with van der Waals surface area (Å²) in [6.45, 7) is 8.55. The number of ether oxygens (including phenoxy) is 3. The molecule has 0 saturated heterocycles. The highest BCUT2D eigenvalue weighted by molar-refractivity contribution is 5.95. The maximum Gasteiger partial charge on any atom is 0.408 e. The molecule has 0 aliphatic rings. The van der Waals surface area contributed by atoms with E-state index in [4.69, 9.17) is 25.4 Å². The van der Waals surface area contributed by atoms with Crippen LogP contribution in [0.1, 0.15) is 44.7 Å². The first kappa shape index (κ1) is 32.4. The van der Waals surface area contributed by atoms with Gasteiger partial charge >= 0.3 is 18.0 Å². The molecular weight excluding hydrogens is 492 g/mol. The largest absolute Gasteiger partial charge is 0.467 e. The zero-order chi connectivity index (χ0) is 26.6. The predicted molar refractivity (Wildman–Crippen MR) is 136 cm³/mol. The molecule has 0 aromatic heterocycles. The topological polar surface area (TPSA) is 170 Å². The van der Waals surface area contributed by atoms with E-state index in [1.165, 1.54) is 6.08 Å². The quantitative estimate of drug-likeness (QED) is 0.105. The van der Waals surface area contributed by atoms with E-state index in [2.05, 4.69) is 17.2 Å². The maximum absolute atomic E-state index is 13.1. The molecule has 2 amide bonds. The normalized spacial score (nSPS) is 12.1. The summed E-state index contributed by atoms with van der Waals surface area (Å²) in [6, 6.07) is 4.28. The van der Waals surface area contributed by atoms with E-state index in [-0.39, 0.29) is 44.1 Å². The number of rotatable bonds is 12. The van der Waals surface area contributed by atoms with Crippen LogP contribution in [-0.4, -0.2) is 61.2 Å². The van der Waals surface area contributed by atoms with Crippen molar-refractivity contribution >= 4 is 42.2 Å². The van der Waals surface area contributed by atoms with Crippen LogP contribution in [0.5, 0.6) is 0 Å². The van der Waals surface area contributed by atoms with Gasteiger partial charge in [0.1, 0.15) is 30.1 Å². The third-order valence-corrected chi connectivity index (χ3v) is 4.50. The number of carbonyl (C=O) groups excluding carboxylic acids is 4. The van der Waals surface area contributed by atoms with E-state index in [9.17, 15) is 19.2 Å². The van der Waals surface area contributed by atoms with Gasteiger partial charge in [0.05, 0.1) is 7.11 Å². The number of alkyl carbamates (subject to hydrolysis) is 1. The maximum atomic E-state index is 13.1. The van der Waals surface area contributed by atoms with Crippen molar-refractivity contribution in [1.29, 1.82) is 5.41 Å². The SMILES string of the molecule is C=CCOC(=O)N[C@@H](Cc1ccc(C(=N)N)cc1)C(=O)NC(CCC(=O)OC(C)(C)C)C(=O)OC.Cl. The Balaban J connectivity index is 0.0000122. The van der Waals surface area contributed by atoms with Crippen LogP contribution in [-0.2, 0) is 35.0 Å². The Kier molecular flexibility index (Phi) is 13.9. The molecule has 0 fully saturated rings. The van der Waals surface area contributed by atoms with Crippen LogP contribution in [0, 0.1) is 5.41 Å². The van der Waals surface area contributed by atoms with Gasteiger partial charge in [-0.3, -0.25) is 15.0 Å². The second-order valence-electron chi connectivity index (χ2n) is 8.61. The molecule has 36 heavy (non-hydrogen) atoms. The number of amides is 2. The van der Waals surface area contributed by atoms with Gasteiger partial charge in [0.15, 0.2) is 0 Å². The average molecular weight is 527 g/mol. The lowest BCUT2D eigenvalue weighted by Crippen LogP contribution is -2.53. The molecule has 0 aliphatic carbocycles. The molecule has 0 aliphatic heterocycles. The zero-order valence-electron chi connectivity index (χ0n) is 20.9. The number of esters is 2. The van der Waals surface area contributed by atoms with Gasteiger partial charge in [0.25, 0.3) is 0 Å². The summed E-state index contributed by atoms with van der Waals surface area (Å²) in [4.78, 5) is 49.5. The number of nitrogens with two attached hydrogens (primary N) is 1. The molecule has 0 spiro atoms. The van der Waals surface area contributed by atoms with Crippen LogP contribution in [0.15, 0.2) is 36.9 Å². The van der Waals surface area contributed by atoms with Crippen LogP contribution in [0.4, 0.5) is 4.79 Å². The minimum atomic E-state index is -1.14. The van der Waals surface area contributed by atoms with E-state index in [0.717, 1.165) is 7.11 Å². The van der Waals surface area contributed by atoms with Crippen molar-refractivity contribution in [3.05, 3.63) is 48.0 Å². The molecule has 1 aromatic carbocycles. The summed E-state index contributed by atoms with van der Waals surface area (Å²) in [5.74, 6) is -2.08. The van der Waals surface area contributed by atoms with E-state index >= 15 is 0 Å². The van der Waals surface area contributed by atoms with Crippen molar-refractivity contribution in [3.8, 4) is 0 Å². The van der Waals surface area contributed by atoms with Crippen LogP contribution >= 0.6 is 12.4 Å². The highest BCUT2D eigenvalue weighted by Crippen LogP contribution is 2.12. The van der Waals surface area contributed by atoms with Gasteiger partial charge < -0.3 is 30.6 Å². The molecule has 1 unspecified atom stereocenters. The Morgan fingerprint density at radius 1 is 1.11 bits per heavy atom. The van der Waals surface area contributed by atoms with E-state index < -0.39 is 41.6 Å². The molecule has 2 atom stereocenters. The number of nitrogen functional groups attached to an aromatic ring is 1. The van der Waals surface area contributed by atoms with Crippen LogP contribution in [0.2, 0.25) is 0 Å². The highest BCUT2D eigenvalue weighted by atomic mass is 35.5. The van der Waals surface area contributed by atoms with Crippen molar-refractivity contribution in [2.24, 2.45) is 5.73 Å². The lowest BCUT2D eigenvalue weighted by Gasteiger charge is -2.23. The van der Waals surface area contributed by atoms with Crippen molar-refractivity contribution in [3.63, 3.8) is 0 Å². The summed E-state index contributed by atoms with van der Waals surface area (Å²) < 4.78 is 14.9. The number of hydrogen-bond donors (Lipinski definition) is 4. The summed E-state index contributed by atoms with van der Waals surface area (Å²) in [5.41, 5.74) is 5.93. The molecule has 5 N–H and O–H groups in total. The standard InChI is InChI=1S/C24H34N4O7.ClH/c1-6-13-34-23(32)28-18(14-15-7-9-16(10-8-15)20(25)26)21(30)27-17(22(31)33-5)11-12-19(29)35-24(2,3)4;/h6-10,17-18H,1,11-14H2,2-5H3,(H3,25,26)(H,27,30)(H,28,32);1H/t17?,18-;/m0./s1. The Labute approximate surface area is 217 Å². The van der Waals surface area contributed by atoms with E-state index in [1.54, 1.807) is 45.0 Å². The minimum Gasteiger partial charge on any atom is -0.467 e. The molecule has 0 saturated carbocycles. The smallest absolute Gasteiger partial charge is 0.408 e. The molecule has 0 radical (unpaired) electrons. The third kappa shape index (κ3) is 12.2. The summed E-state index contributed by atoms with van der Waals surface area (Å²) in [6.07, 6.45) is 0.373. The Morgan fingerprint density at radius 3 is 2.22 bits per heavy atom. The summed E-state index contributed by atoms with van der Waals surface area (Å²) in [7, 11) is 1.16. The van der Waals surface area contributed by atoms with Gasteiger partial charge in [-0.1, -0.05) is 36.9 Å². The molecule has 11 nitrogen and oxygen atoms in total. The molecular formula is C24H35ClN4O7. The van der Waals surface area contributed by atoms with Gasteiger partial charge in [0.2, 0.25) is 5.91 Å². The number of benzene rings is 1. The fraction of sp³-hybridized carbons (Fsp3) is 0.458. The molecule has 1 aromatic rings. The molecule has 0 bridgehead atoms. The number of carbonyl (C=O) groups is 4. The second kappa shape index (κ2) is 15.4. The van der Waals surface area contributed by atoms with Crippen molar-refractivity contribution in [1.82, 2.24) is 10.6 Å². The molecule has 1 rings (SSSR count). The fourth-order valence-corrected chi connectivity index (χ4v) is 2.90. The zero-order valence-corrected chi connectivity index (χ0v) is 21.7. The number of methoxy groups -OCH3 is 1. The van der Waals surface area contributed by atoms with Crippen molar-refractivity contribution < 1.29 is 33.4 Å². The highest BCUT2D eigenvalue weighted by Gasteiger charge is 2.29. The Hall–Kier alpha value is -3.60. The summed E-state index contributed by atoms with van der Waals surface area (Å²) >= 11 is 0. The lowest BCUT2D eigenvalue weighted by atomic mass is 10.0. The van der Waals surface area contributed by atoms with E-state index in [1.807, 2.05) is 0 Å². The predicted octanol–water partition coefficient (Wildman–Crippen LogP) is 2.00. The van der Waals surface area contributed by atoms with Gasteiger partial charge in [-0.05, 0) is 32.8 Å². The van der Waals surface area contributed by atoms with Gasteiger partial charge in [0, 0.05) is 18.4 Å². The third-order valence-electron chi connectivity index (χ3n) is 4.50. The van der Waals surface area contributed by atoms with Crippen LogP contribution in [0.3, 0.4) is 0 Å². The average Bonchev–Trinajstić information content (AvgIpc) is 2.78. The lowest BCUT2D eigenvalue weighted by molar-refractivity contribution is -0.155. The van der Waals surface area contributed by atoms with Gasteiger partial charge in [-0.2, -0.15) is 0 Å². The van der Waals surface area contributed by atoms with Crippen LogP contribution in [0.25, 0.3) is 0 Å². The molecule has 200 valence electrons. The first-order valence-corrected chi connectivity index (χ1v) is 10.9. The van der Waals surface area contributed by atoms with Crippen molar-refractivity contribution in [2.45, 2.75) is 57.7 Å². The summed E-state index contributed by atoms with van der Waals surface area (Å²) in [5, 5.41) is 12.5. The Morgan fingerprint density at radius 2 is 1.72 bits per heavy atom. The van der Waals surface area contributed by atoms with Crippen molar-refractivity contribution in [2.75, 3.05) is 13.7 Å². The first-order chi connectivity index (χ1) is 16.4. The monoisotopic (exact) mass is 526 g/mol. The number of amidine groups is 1. The number of hydrogen-bond acceptors (Lipinski definition) is 8. The first-order valence-electron chi connectivity index (χ1n) is 10.9. The number of nitrogens with one attached hydrogen (secondary N) is 3. The Bertz CT molecular complexity index is 929. The minimum absolute atomic E-state index is 0. The molecule has 0 heterocycles. The van der Waals surface area contributed by atoms with Crippen LogP contribution < -0.4 is 16.4 Å². The second-order valence-corrected chi connectivity index (χ2v) is 8.61. The van der Waals surface area contributed by atoms with Gasteiger partial charge in [-0.15, -0.1) is 12.4 Å². The molecule has 12 heteroatoms. The number of halogens is 1.